The molecule has 0 aliphatic carbocycles. The molecule has 0 unspecified atom stereocenters. The fourth-order valence-corrected chi connectivity index (χ4v) is 16.8. The molecular formula is C49H66O6Si2. The van der Waals surface area contributed by atoms with Crippen LogP contribution in [0.15, 0.2) is 147 Å². The van der Waals surface area contributed by atoms with Gasteiger partial charge >= 0.3 is 11.9 Å². The topological polar surface area (TPSA) is 71.1 Å². The van der Waals surface area contributed by atoms with Crippen molar-refractivity contribution in [2.75, 3.05) is 6.61 Å². The lowest BCUT2D eigenvalue weighted by atomic mass is 10.1. The van der Waals surface area contributed by atoms with Crippen molar-refractivity contribution in [2.24, 2.45) is 11.8 Å². The van der Waals surface area contributed by atoms with Gasteiger partial charge in [0.1, 0.15) is 0 Å². The standard InChI is InChI=1S/C25H34O3Si.C24H32O3Si/c1-8-23(20(4)24(26)27-19(2)3)28-29(25(5,6)7,21-15-11-9-12-16-21)22-17-13-10-14-18-22;1-7-22(19(3)23(25)26-8-2)27-28(24(4,5)6,20-15-11-9-12-16-20)21-17-13-10-14-18-21/h8-20,23H,1H2,2-7H3;7,9-19,22H,1,8H2,2-6H3/t20-,23-;19-,22-/m11/s1. The summed E-state index contributed by atoms with van der Waals surface area (Å²) in [5.41, 5.74) is 0. The molecule has 57 heavy (non-hydrogen) atoms. The first-order valence-corrected chi connectivity index (χ1v) is 23.9. The molecule has 0 aliphatic heterocycles. The number of benzene rings is 4. The first kappa shape index (κ1) is 47.0. The van der Waals surface area contributed by atoms with Gasteiger partial charge < -0.3 is 18.3 Å². The summed E-state index contributed by atoms with van der Waals surface area (Å²) in [6.07, 6.45) is 2.42. The molecule has 306 valence electrons. The lowest BCUT2D eigenvalue weighted by Crippen LogP contribution is -2.68. The first-order chi connectivity index (χ1) is 26.9. The molecule has 0 aliphatic rings. The third-order valence-electron chi connectivity index (χ3n) is 10.3. The van der Waals surface area contributed by atoms with E-state index in [-0.39, 0.29) is 28.1 Å². The Balaban J connectivity index is 0.000000306. The molecule has 4 aromatic carbocycles. The molecule has 8 heteroatoms. The minimum atomic E-state index is -2.76. The maximum atomic E-state index is 12.6. The lowest BCUT2D eigenvalue weighted by Gasteiger charge is -2.45. The largest absolute Gasteiger partial charge is 0.466 e. The predicted molar refractivity (Wildman–Crippen MR) is 242 cm³/mol. The van der Waals surface area contributed by atoms with E-state index < -0.39 is 40.7 Å². The van der Waals surface area contributed by atoms with E-state index in [1.807, 2.05) is 83.1 Å². The van der Waals surface area contributed by atoms with Gasteiger partial charge in [0.25, 0.3) is 16.6 Å². The quantitative estimate of drug-likeness (QED) is 0.0640. The van der Waals surface area contributed by atoms with Gasteiger partial charge in [0.2, 0.25) is 0 Å². The molecule has 0 aromatic heterocycles. The summed E-state index contributed by atoms with van der Waals surface area (Å²) in [5, 5.41) is 4.38. The molecule has 0 spiro atoms. The Kier molecular flexibility index (Phi) is 17.2. The number of carbonyl (C=O) groups is 2. The van der Waals surface area contributed by atoms with Gasteiger partial charge in [-0.15, -0.1) is 13.2 Å². The molecule has 0 radical (unpaired) electrons. The van der Waals surface area contributed by atoms with Gasteiger partial charge in [-0.05, 0) is 65.4 Å². The van der Waals surface area contributed by atoms with Crippen molar-refractivity contribution in [1.82, 2.24) is 0 Å². The van der Waals surface area contributed by atoms with Crippen LogP contribution in [-0.4, -0.2) is 53.5 Å². The third kappa shape index (κ3) is 11.2. The van der Waals surface area contributed by atoms with Crippen molar-refractivity contribution in [3.63, 3.8) is 0 Å². The number of rotatable bonds is 16. The highest BCUT2D eigenvalue weighted by Crippen LogP contribution is 2.40. The van der Waals surface area contributed by atoms with Crippen molar-refractivity contribution in [2.45, 2.75) is 105 Å². The molecule has 0 fully saturated rings. The zero-order valence-electron chi connectivity index (χ0n) is 36.2. The Morgan fingerprint density at radius 3 is 1.05 bits per heavy atom. The number of carbonyl (C=O) groups excluding carboxylic acids is 2. The van der Waals surface area contributed by atoms with Gasteiger partial charge in [-0.3, -0.25) is 9.59 Å². The van der Waals surface area contributed by atoms with Crippen LogP contribution in [0.3, 0.4) is 0 Å². The molecule has 0 N–H and O–H groups in total. The van der Waals surface area contributed by atoms with Crippen molar-refractivity contribution in [3.05, 3.63) is 147 Å². The molecular weight excluding hydrogens is 741 g/mol. The normalized spacial score (nSPS) is 14.2. The van der Waals surface area contributed by atoms with Gasteiger partial charge in [-0.25, -0.2) is 0 Å². The molecule has 4 atom stereocenters. The number of hydrogen-bond acceptors (Lipinski definition) is 6. The van der Waals surface area contributed by atoms with E-state index in [2.05, 4.69) is 127 Å². The fourth-order valence-electron chi connectivity index (χ4n) is 7.38. The summed E-state index contributed by atoms with van der Waals surface area (Å²) in [6, 6.07) is 41.6. The Morgan fingerprint density at radius 2 is 0.825 bits per heavy atom. The van der Waals surface area contributed by atoms with E-state index in [4.69, 9.17) is 18.3 Å². The summed E-state index contributed by atoms with van der Waals surface area (Å²) in [5.74, 6) is -1.40. The Labute approximate surface area is 345 Å². The van der Waals surface area contributed by atoms with E-state index in [1.165, 1.54) is 20.7 Å². The average Bonchev–Trinajstić information content (AvgIpc) is 3.19. The summed E-state index contributed by atoms with van der Waals surface area (Å²) < 4.78 is 24.7. The summed E-state index contributed by atoms with van der Waals surface area (Å²) in [7, 11) is -5.50. The maximum absolute atomic E-state index is 12.6. The highest BCUT2D eigenvalue weighted by Gasteiger charge is 2.53. The van der Waals surface area contributed by atoms with Crippen molar-refractivity contribution >= 4 is 49.3 Å². The van der Waals surface area contributed by atoms with E-state index >= 15 is 0 Å². The maximum Gasteiger partial charge on any atom is 0.311 e. The zero-order valence-corrected chi connectivity index (χ0v) is 38.2. The van der Waals surface area contributed by atoms with Crippen molar-refractivity contribution in [3.8, 4) is 0 Å². The molecule has 4 aromatic rings. The van der Waals surface area contributed by atoms with Gasteiger partial charge in [-0.1, -0.05) is 175 Å². The Bertz CT molecular complexity index is 1750. The van der Waals surface area contributed by atoms with E-state index in [9.17, 15) is 9.59 Å². The van der Waals surface area contributed by atoms with Crippen LogP contribution in [0.4, 0.5) is 0 Å². The molecule has 6 nitrogen and oxygen atoms in total. The fraction of sp³-hybridized carbons (Fsp3) is 0.388. The second kappa shape index (κ2) is 20.9. The average molecular weight is 807 g/mol. The van der Waals surface area contributed by atoms with E-state index in [0.717, 1.165) is 0 Å². The highest BCUT2D eigenvalue weighted by molar-refractivity contribution is 7.00. The Morgan fingerprint density at radius 1 is 0.544 bits per heavy atom. The second-order valence-electron chi connectivity index (χ2n) is 16.8. The van der Waals surface area contributed by atoms with Crippen LogP contribution >= 0.6 is 0 Å². The van der Waals surface area contributed by atoms with Crippen LogP contribution in [-0.2, 0) is 27.9 Å². The number of hydrogen-bond donors (Lipinski definition) is 0. The predicted octanol–water partition coefficient (Wildman–Crippen LogP) is 9.02. The van der Waals surface area contributed by atoms with Gasteiger partial charge in [-0.2, -0.15) is 0 Å². The molecule has 0 amide bonds. The highest BCUT2D eigenvalue weighted by atomic mass is 28.4. The van der Waals surface area contributed by atoms with Crippen LogP contribution in [0.2, 0.25) is 10.1 Å². The molecule has 0 heterocycles. The summed E-state index contributed by atoms with van der Waals surface area (Å²) >= 11 is 0. The van der Waals surface area contributed by atoms with Gasteiger partial charge in [0, 0.05) is 0 Å². The van der Waals surface area contributed by atoms with E-state index in [0.29, 0.717) is 6.61 Å². The lowest BCUT2D eigenvalue weighted by molar-refractivity contribution is -0.154. The zero-order chi connectivity index (χ0) is 42.4. The van der Waals surface area contributed by atoms with E-state index in [1.54, 1.807) is 12.2 Å². The Hall–Kier alpha value is -4.35. The van der Waals surface area contributed by atoms with Gasteiger partial charge in [0.15, 0.2) is 0 Å². The molecule has 0 bridgehead atoms. The number of esters is 2. The van der Waals surface area contributed by atoms with Crippen molar-refractivity contribution < 1.29 is 27.9 Å². The number of ether oxygens (including phenoxy) is 2. The summed E-state index contributed by atoms with van der Waals surface area (Å²) in [6.45, 7) is 30.9. The first-order valence-electron chi connectivity index (χ1n) is 20.1. The monoisotopic (exact) mass is 806 g/mol. The van der Waals surface area contributed by atoms with Crippen LogP contribution in [0.5, 0.6) is 0 Å². The SMILES string of the molecule is C=C[C@@H](O[Si](c1ccccc1)(c1ccccc1)C(C)(C)C)[C@@H](C)C(=O)OC(C)C.C=C[C@@H](O[Si](c1ccccc1)(c1ccccc1)C(C)(C)C)[C@@H](C)C(=O)OCC. The minimum absolute atomic E-state index is 0.161. The van der Waals surface area contributed by atoms with Crippen LogP contribution in [0.25, 0.3) is 0 Å². The van der Waals surface area contributed by atoms with Crippen molar-refractivity contribution in [1.29, 1.82) is 0 Å². The third-order valence-corrected chi connectivity index (χ3v) is 20.4. The van der Waals surface area contributed by atoms with Crippen LogP contribution < -0.4 is 20.7 Å². The molecule has 4 rings (SSSR count). The second-order valence-corrected chi connectivity index (χ2v) is 25.3. The van der Waals surface area contributed by atoms with Crippen LogP contribution in [0.1, 0.15) is 76.2 Å². The minimum Gasteiger partial charge on any atom is -0.466 e. The molecule has 0 saturated heterocycles. The smallest absolute Gasteiger partial charge is 0.311 e. The molecule has 0 saturated carbocycles. The summed E-state index contributed by atoms with van der Waals surface area (Å²) in [4.78, 5) is 25.0. The van der Waals surface area contributed by atoms with Gasteiger partial charge in [0.05, 0.1) is 36.8 Å². The van der Waals surface area contributed by atoms with Crippen LogP contribution in [0, 0.1) is 11.8 Å².